The Morgan fingerprint density at radius 2 is 1.53 bits per heavy atom. The van der Waals surface area contributed by atoms with Gasteiger partial charge in [0.15, 0.2) is 0 Å². The van der Waals surface area contributed by atoms with Crippen LogP contribution in [0, 0.1) is 5.92 Å². The summed E-state index contributed by atoms with van der Waals surface area (Å²) in [5, 5.41) is 0. The zero-order valence-corrected chi connectivity index (χ0v) is 18.0. The van der Waals surface area contributed by atoms with Crippen molar-refractivity contribution in [3.05, 3.63) is 65.7 Å². The molecule has 0 unspecified atom stereocenters. The van der Waals surface area contributed by atoms with Gasteiger partial charge >= 0.3 is 0 Å². The van der Waals surface area contributed by atoms with Gasteiger partial charge in [-0.3, -0.25) is 9.59 Å². The molecule has 1 aliphatic carbocycles. The third-order valence-electron chi connectivity index (χ3n) is 6.00. The van der Waals surface area contributed by atoms with Crippen molar-refractivity contribution in [1.29, 1.82) is 0 Å². The van der Waals surface area contributed by atoms with Crippen molar-refractivity contribution in [1.82, 2.24) is 9.80 Å². The molecule has 6 heteroatoms. The van der Waals surface area contributed by atoms with Crippen LogP contribution < -0.4 is 5.73 Å². The van der Waals surface area contributed by atoms with Gasteiger partial charge in [0, 0.05) is 37.3 Å². The largest absolute Gasteiger partial charge is 0.399 e. The molecule has 1 saturated carbocycles. The van der Waals surface area contributed by atoms with Crippen molar-refractivity contribution in [2.75, 3.05) is 18.8 Å². The van der Waals surface area contributed by atoms with E-state index in [4.69, 9.17) is 5.73 Å². The number of nitrogens with zero attached hydrogens (tertiary/aromatic N) is 2. The first-order valence-electron chi connectivity index (χ1n) is 10.6. The van der Waals surface area contributed by atoms with Crippen molar-refractivity contribution in [2.45, 2.75) is 44.7 Å². The zero-order valence-electron chi connectivity index (χ0n) is 17.2. The summed E-state index contributed by atoms with van der Waals surface area (Å²) in [6, 6.07) is 18.1. The monoisotopic (exact) mass is 427 g/mol. The summed E-state index contributed by atoms with van der Waals surface area (Å²) in [4.78, 5) is 29.8. The average Bonchev–Trinajstić information content (AvgIpc) is 3.59. The molecule has 0 radical (unpaired) electrons. The summed E-state index contributed by atoms with van der Waals surface area (Å²) < 4.78 is 0. The van der Waals surface area contributed by atoms with E-state index in [0.29, 0.717) is 37.8 Å². The number of carbonyl (C=O) groups excluding carboxylic acids is 2. The van der Waals surface area contributed by atoms with Crippen molar-refractivity contribution >= 4 is 29.9 Å². The van der Waals surface area contributed by atoms with Gasteiger partial charge < -0.3 is 15.5 Å². The fraction of sp³-hybridized carbons (Fsp3) is 0.417. The standard InChI is InChI=1S/C24H29N3O2.ClH/c25-21-8-6-18(7-9-21)16-23(28)26-14-12-20(13-15-26)24(29)27(22-10-11-22)17-19-4-2-1-3-5-19;/h1-9,20,22H,10-17,25H2;1H. The number of piperidine rings is 1. The first-order chi connectivity index (χ1) is 14.1. The normalized spacial score (nSPS) is 16.6. The van der Waals surface area contributed by atoms with E-state index in [0.717, 1.165) is 31.2 Å². The molecule has 0 bridgehead atoms. The first kappa shape index (κ1) is 22.2. The van der Waals surface area contributed by atoms with Crippen LogP contribution in [0.25, 0.3) is 0 Å². The number of hydrogen-bond acceptors (Lipinski definition) is 3. The molecule has 2 aromatic carbocycles. The Morgan fingerprint density at radius 1 is 0.900 bits per heavy atom. The van der Waals surface area contributed by atoms with Gasteiger partial charge in [0.25, 0.3) is 0 Å². The van der Waals surface area contributed by atoms with E-state index in [-0.39, 0.29) is 30.1 Å². The van der Waals surface area contributed by atoms with Gasteiger partial charge in [-0.25, -0.2) is 0 Å². The molecular formula is C24H30ClN3O2. The smallest absolute Gasteiger partial charge is 0.226 e. The van der Waals surface area contributed by atoms with E-state index in [9.17, 15) is 9.59 Å². The van der Waals surface area contributed by atoms with E-state index >= 15 is 0 Å². The molecule has 1 heterocycles. The van der Waals surface area contributed by atoms with Crippen molar-refractivity contribution < 1.29 is 9.59 Å². The highest BCUT2D eigenvalue weighted by Gasteiger charge is 2.37. The second-order valence-electron chi connectivity index (χ2n) is 8.26. The van der Waals surface area contributed by atoms with E-state index in [1.807, 2.05) is 47.4 Å². The van der Waals surface area contributed by atoms with E-state index in [1.165, 1.54) is 5.56 Å². The van der Waals surface area contributed by atoms with Crippen LogP contribution in [-0.2, 0) is 22.6 Å². The lowest BCUT2D eigenvalue weighted by molar-refractivity contribution is -0.141. The van der Waals surface area contributed by atoms with Crippen LogP contribution in [0.4, 0.5) is 5.69 Å². The summed E-state index contributed by atoms with van der Waals surface area (Å²) in [6.07, 6.45) is 4.12. The van der Waals surface area contributed by atoms with Crippen LogP contribution in [0.3, 0.4) is 0 Å². The Kier molecular flexibility index (Phi) is 7.38. The molecule has 2 N–H and O–H groups in total. The molecule has 4 rings (SSSR count). The lowest BCUT2D eigenvalue weighted by Crippen LogP contribution is -2.45. The summed E-state index contributed by atoms with van der Waals surface area (Å²) >= 11 is 0. The second-order valence-corrected chi connectivity index (χ2v) is 8.26. The molecule has 30 heavy (non-hydrogen) atoms. The molecule has 2 amide bonds. The predicted molar refractivity (Wildman–Crippen MR) is 121 cm³/mol. The number of nitrogen functional groups attached to an aromatic ring is 1. The maximum absolute atomic E-state index is 13.2. The molecule has 2 aromatic rings. The Morgan fingerprint density at radius 3 is 2.13 bits per heavy atom. The van der Waals surface area contributed by atoms with E-state index in [1.54, 1.807) is 0 Å². The Hall–Kier alpha value is -2.53. The van der Waals surface area contributed by atoms with Crippen LogP contribution >= 0.6 is 12.4 Å². The Balaban J connectivity index is 0.00000256. The molecule has 5 nitrogen and oxygen atoms in total. The number of likely N-dealkylation sites (tertiary alicyclic amines) is 1. The number of anilines is 1. The van der Waals surface area contributed by atoms with Crippen molar-refractivity contribution in [3.8, 4) is 0 Å². The number of rotatable bonds is 6. The number of amides is 2. The van der Waals surface area contributed by atoms with Gasteiger partial charge in [0.05, 0.1) is 6.42 Å². The average molecular weight is 428 g/mol. The Labute approximate surface area is 184 Å². The summed E-state index contributed by atoms with van der Waals surface area (Å²) in [5.74, 6) is 0.422. The minimum absolute atomic E-state index is 0. The maximum atomic E-state index is 13.2. The summed E-state index contributed by atoms with van der Waals surface area (Å²) in [5.41, 5.74) is 8.58. The molecule has 160 valence electrons. The first-order valence-corrected chi connectivity index (χ1v) is 10.6. The van der Waals surface area contributed by atoms with Crippen LogP contribution in [0.2, 0.25) is 0 Å². The summed E-state index contributed by atoms with van der Waals surface area (Å²) in [6.45, 7) is 2.02. The molecule has 1 aliphatic heterocycles. The van der Waals surface area contributed by atoms with Gasteiger partial charge in [-0.2, -0.15) is 0 Å². The molecule has 2 fully saturated rings. The third kappa shape index (κ3) is 5.54. The van der Waals surface area contributed by atoms with Gasteiger partial charge in [0.2, 0.25) is 11.8 Å². The molecule has 2 aliphatic rings. The topological polar surface area (TPSA) is 66.6 Å². The van der Waals surface area contributed by atoms with Crippen molar-refractivity contribution in [2.24, 2.45) is 5.92 Å². The fourth-order valence-electron chi connectivity index (χ4n) is 4.09. The number of carbonyl (C=O) groups is 2. The van der Waals surface area contributed by atoms with Gasteiger partial charge in [0.1, 0.15) is 0 Å². The molecule has 0 spiro atoms. The van der Waals surface area contributed by atoms with E-state index in [2.05, 4.69) is 17.0 Å². The number of hydrogen-bond donors (Lipinski definition) is 1. The molecule has 1 saturated heterocycles. The predicted octanol–water partition coefficient (Wildman–Crippen LogP) is 3.66. The highest BCUT2D eigenvalue weighted by Crippen LogP contribution is 2.32. The number of halogens is 1. The number of benzene rings is 2. The lowest BCUT2D eigenvalue weighted by atomic mass is 9.94. The third-order valence-corrected chi connectivity index (χ3v) is 6.00. The molecular weight excluding hydrogens is 398 g/mol. The zero-order chi connectivity index (χ0) is 20.2. The SMILES string of the molecule is Cl.Nc1ccc(CC(=O)N2CCC(C(=O)N(Cc3ccccc3)C3CC3)CC2)cc1. The number of nitrogens with two attached hydrogens (primary N) is 1. The van der Waals surface area contributed by atoms with Crippen LogP contribution in [0.1, 0.15) is 36.8 Å². The van der Waals surface area contributed by atoms with Gasteiger partial charge in [-0.1, -0.05) is 42.5 Å². The highest BCUT2D eigenvalue weighted by atomic mass is 35.5. The lowest BCUT2D eigenvalue weighted by Gasteiger charge is -2.34. The minimum Gasteiger partial charge on any atom is -0.399 e. The maximum Gasteiger partial charge on any atom is 0.226 e. The quantitative estimate of drug-likeness (QED) is 0.715. The van der Waals surface area contributed by atoms with Gasteiger partial charge in [-0.05, 0) is 48.9 Å². The fourth-order valence-corrected chi connectivity index (χ4v) is 4.09. The van der Waals surface area contributed by atoms with Crippen LogP contribution in [0.5, 0.6) is 0 Å². The summed E-state index contributed by atoms with van der Waals surface area (Å²) in [7, 11) is 0. The molecule has 0 atom stereocenters. The minimum atomic E-state index is 0. The van der Waals surface area contributed by atoms with Gasteiger partial charge in [-0.15, -0.1) is 12.4 Å². The van der Waals surface area contributed by atoms with Crippen LogP contribution in [-0.4, -0.2) is 40.7 Å². The van der Waals surface area contributed by atoms with Crippen LogP contribution in [0.15, 0.2) is 54.6 Å². The van der Waals surface area contributed by atoms with E-state index < -0.39 is 0 Å². The Bertz CT molecular complexity index is 845. The highest BCUT2D eigenvalue weighted by molar-refractivity contribution is 5.85. The van der Waals surface area contributed by atoms with Crippen molar-refractivity contribution in [3.63, 3.8) is 0 Å². The molecule has 0 aromatic heterocycles. The second kappa shape index (κ2) is 9.98.